The van der Waals surface area contributed by atoms with E-state index in [4.69, 9.17) is 13.3 Å². The maximum absolute atomic E-state index is 6.04. The first-order chi connectivity index (χ1) is 11.1. The van der Waals surface area contributed by atoms with Gasteiger partial charge in [-0.2, -0.15) is 0 Å². The van der Waals surface area contributed by atoms with Gasteiger partial charge in [0, 0.05) is 21.3 Å². The lowest BCUT2D eigenvalue weighted by Gasteiger charge is -2.51. The van der Waals surface area contributed by atoms with E-state index in [1.165, 1.54) is 51.4 Å². The Bertz CT molecular complexity index is 269. The number of hydrogen-bond donors (Lipinski definition) is 0. The first-order valence-electron chi connectivity index (χ1n) is 9.60. The number of quaternary nitrogens is 1. The van der Waals surface area contributed by atoms with Crippen LogP contribution in [-0.4, -0.2) is 53.6 Å². The Balaban J connectivity index is 0. The lowest BCUT2D eigenvalue weighted by Crippen LogP contribution is -3.00. The van der Waals surface area contributed by atoms with Gasteiger partial charge in [-0.3, -0.25) is 0 Å². The fourth-order valence-corrected chi connectivity index (χ4v) is 7.12. The molecule has 148 valence electrons. The summed E-state index contributed by atoms with van der Waals surface area (Å²) in [5, 5.41) is 0. The second-order valence-corrected chi connectivity index (χ2v) is 9.72. The topological polar surface area (TPSA) is 27.7 Å². The van der Waals surface area contributed by atoms with Crippen LogP contribution < -0.4 is 12.4 Å². The van der Waals surface area contributed by atoms with Crippen LogP contribution in [0.4, 0.5) is 0 Å². The molecule has 0 aromatic heterocycles. The van der Waals surface area contributed by atoms with Crippen molar-refractivity contribution in [3.63, 3.8) is 0 Å². The summed E-state index contributed by atoms with van der Waals surface area (Å²) in [7, 11) is 2.56. The molecule has 0 aromatic carbocycles. The van der Waals surface area contributed by atoms with E-state index in [0.717, 1.165) is 17.2 Å². The van der Waals surface area contributed by atoms with Crippen LogP contribution in [0, 0.1) is 0 Å². The van der Waals surface area contributed by atoms with Crippen LogP contribution in [0.2, 0.25) is 0 Å². The molecule has 0 fully saturated rings. The average Bonchev–Trinajstić information content (AvgIpc) is 2.58. The summed E-state index contributed by atoms with van der Waals surface area (Å²) in [5.74, 6) is 0. The SMILES string of the molecule is CCCC[N+](CCCC)(C(CCC)CCC)[Si](OC)(OC)OC.[Cl-]. The maximum Gasteiger partial charge on any atom is 0.784 e. The van der Waals surface area contributed by atoms with Crippen LogP contribution in [0.5, 0.6) is 0 Å². The zero-order valence-electron chi connectivity index (χ0n) is 17.2. The molecule has 0 aliphatic carbocycles. The van der Waals surface area contributed by atoms with Gasteiger partial charge in [-0.1, -0.05) is 53.4 Å². The number of rotatable bonds is 15. The third-order valence-electron chi connectivity index (χ3n) is 5.08. The maximum atomic E-state index is 6.04. The quantitative estimate of drug-likeness (QED) is 0.403. The van der Waals surface area contributed by atoms with Crippen molar-refractivity contribution in [2.24, 2.45) is 0 Å². The van der Waals surface area contributed by atoms with Crippen molar-refractivity contribution >= 4 is 8.97 Å². The Kier molecular flexibility index (Phi) is 16.1. The standard InChI is InChI=1S/C18H42NO3Si.ClH/c1-8-12-16-19(17-13-9-2,18(14-10-3)15-11-4)23(20-5,21-6)22-7;/h18H,8-17H2,1-7H3;1H/q+1;/p-1. The van der Waals surface area contributed by atoms with Crippen molar-refractivity contribution < 1.29 is 29.8 Å². The van der Waals surface area contributed by atoms with E-state index < -0.39 is 8.97 Å². The average molecular weight is 384 g/mol. The number of halogens is 1. The minimum absolute atomic E-state index is 0. The minimum Gasteiger partial charge on any atom is -1.00 e. The van der Waals surface area contributed by atoms with Gasteiger partial charge >= 0.3 is 8.97 Å². The predicted molar refractivity (Wildman–Crippen MR) is 100 cm³/mol. The van der Waals surface area contributed by atoms with Gasteiger partial charge in [0.2, 0.25) is 0 Å². The highest BCUT2D eigenvalue weighted by Crippen LogP contribution is 2.34. The first-order valence-corrected chi connectivity index (χ1v) is 11.3. The molecule has 6 heteroatoms. The molecule has 0 aliphatic heterocycles. The van der Waals surface area contributed by atoms with Crippen LogP contribution in [0.3, 0.4) is 0 Å². The minimum atomic E-state index is -2.77. The van der Waals surface area contributed by atoms with Crippen LogP contribution in [0.15, 0.2) is 0 Å². The molecule has 0 radical (unpaired) electrons. The van der Waals surface area contributed by atoms with Gasteiger partial charge in [0.25, 0.3) is 0 Å². The first kappa shape index (κ1) is 26.6. The highest BCUT2D eigenvalue weighted by molar-refractivity contribution is 6.52. The molecule has 0 saturated carbocycles. The number of nitrogens with zero attached hydrogens (tertiary/aromatic N) is 1. The smallest absolute Gasteiger partial charge is 0.784 e. The zero-order valence-corrected chi connectivity index (χ0v) is 19.0. The van der Waals surface area contributed by atoms with Crippen molar-refractivity contribution in [2.45, 2.75) is 85.1 Å². The van der Waals surface area contributed by atoms with Gasteiger partial charge in [-0.15, -0.1) is 0 Å². The molecule has 0 unspecified atom stereocenters. The third-order valence-corrected chi connectivity index (χ3v) is 8.53. The van der Waals surface area contributed by atoms with Crippen molar-refractivity contribution in [1.29, 1.82) is 0 Å². The zero-order chi connectivity index (χ0) is 17.8. The molecular weight excluding hydrogens is 342 g/mol. The molecule has 0 amide bonds. The molecule has 0 heterocycles. The van der Waals surface area contributed by atoms with E-state index in [1.54, 1.807) is 21.3 Å². The largest absolute Gasteiger partial charge is 1.00 e. The number of unbranched alkanes of at least 4 members (excludes halogenated alkanes) is 2. The summed E-state index contributed by atoms with van der Waals surface area (Å²) in [5.41, 5.74) is 0. The van der Waals surface area contributed by atoms with Crippen molar-refractivity contribution in [3.05, 3.63) is 0 Å². The Morgan fingerprint density at radius 1 is 0.708 bits per heavy atom. The summed E-state index contributed by atoms with van der Waals surface area (Å²) < 4.78 is 19.0. The molecule has 0 aliphatic rings. The molecule has 0 saturated heterocycles. The van der Waals surface area contributed by atoms with E-state index in [2.05, 4.69) is 27.7 Å². The molecule has 0 atom stereocenters. The summed E-state index contributed by atoms with van der Waals surface area (Å²) in [4.78, 5) is 0. The molecule has 0 aromatic rings. The highest BCUT2D eigenvalue weighted by Gasteiger charge is 2.65. The van der Waals surface area contributed by atoms with Gasteiger partial charge in [0.05, 0.1) is 19.1 Å². The van der Waals surface area contributed by atoms with Gasteiger partial charge in [0.1, 0.15) is 0 Å². The van der Waals surface area contributed by atoms with E-state index in [-0.39, 0.29) is 12.4 Å². The fraction of sp³-hybridized carbons (Fsp3) is 1.00. The second-order valence-electron chi connectivity index (χ2n) is 6.56. The van der Waals surface area contributed by atoms with E-state index in [9.17, 15) is 0 Å². The van der Waals surface area contributed by atoms with Crippen molar-refractivity contribution in [3.8, 4) is 0 Å². The van der Waals surface area contributed by atoms with Gasteiger partial charge in [0.15, 0.2) is 0 Å². The molecule has 4 nitrogen and oxygen atoms in total. The van der Waals surface area contributed by atoms with Crippen LogP contribution in [-0.2, 0) is 13.3 Å². The Labute approximate surface area is 158 Å². The van der Waals surface area contributed by atoms with Gasteiger partial charge < -0.3 is 29.8 Å². The van der Waals surface area contributed by atoms with Gasteiger partial charge in [-0.25, -0.2) is 0 Å². The Morgan fingerprint density at radius 2 is 1.08 bits per heavy atom. The summed E-state index contributed by atoms with van der Waals surface area (Å²) in [6.45, 7) is 11.3. The Hall–Kier alpha value is 0.347. The molecule has 0 bridgehead atoms. The molecule has 0 N–H and O–H groups in total. The summed E-state index contributed by atoms with van der Waals surface area (Å²) in [6.07, 6.45) is 9.60. The predicted octanol–water partition coefficient (Wildman–Crippen LogP) is 1.75. The lowest BCUT2D eigenvalue weighted by atomic mass is 10.0. The molecule has 24 heavy (non-hydrogen) atoms. The monoisotopic (exact) mass is 383 g/mol. The molecule has 0 spiro atoms. The highest BCUT2D eigenvalue weighted by atomic mass is 35.5. The molecule has 0 rings (SSSR count). The van der Waals surface area contributed by atoms with E-state index >= 15 is 0 Å². The fourth-order valence-electron chi connectivity index (χ4n) is 3.96. The van der Waals surface area contributed by atoms with E-state index in [1.807, 2.05) is 0 Å². The van der Waals surface area contributed by atoms with Gasteiger partial charge in [-0.05, 0) is 25.7 Å². The third kappa shape index (κ3) is 6.26. The van der Waals surface area contributed by atoms with Crippen LogP contribution in [0.1, 0.15) is 79.1 Å². The lowest BCUT2D eigenvalue weighted by molar-refractivity contribution is -0.885. The summed E-state index contributed by atoms with van der Waals surface area (Å²) >= 11 is 0. The van der Waals surface area contributed by atoms with E-state index in [0.29, 0.717) is 6.04 Å². The molecular formula is C18H42ClNO3Si. The van der Waals surface area contributed by atoms with Crippen molar-refractivity contribution in [1.82, 2.24) is 0 Å². The number of hydrogen-bond acceptors (Lipinski definition) is 3. The normalized spacial score (nSPS) is 12.5. The van der Waals surface area contributed by atoms with Crippen LogP contribution in [0.25, 0.3) is 0 Å². The Morgan fingerprint density at radius 3 is 1.33 bits per heavy atom. The van der Waals surface area contributed by atoms with Crippen LogP contribution >= 0.6 is 0 Å². The van der Waals surface area contributed by atoms with Crippen molar-refractivity contribution in [2.75, 3.05) is 34.4 Å². The second kappa shape index (κ2) is 14.5. The summed E-state index contributed by atoms with van der Waals surface area (Å²) in [6, 6.07) is 0.564.